The molecule has 2 aromatic heterocycles. The molecule has 2 atom stereocenters. The van der Waals surface area contributed by atoms with Gasteiger partial charge in [-0.25, -0.2) is 4.98 Å². The quantitative estimate of drug-likeness (QED) is 0.872. The second kappa shape index (κ2) is 7.04. The molecule has 6 nitrogen and oxygen atoms in total. The lowest BCUT2D eigenvalue weighted by Crippen LogP contribution is -2.49. The minimum atomic E-state index is -0.416. The minimum absolute atomic E-state index is 0.161. The van der Waals surface area contributed by atoms with Crippen molar-refractivity contribution in [2.24, 2.45) is 17.8 Å². The zero-order valence-corrected chi connectivity index (χ0v) is 15.5. The Morgan fingerprint density at radius 1 is 1.36 bits per heavy atom. The summed E-state index contributed by atoms with van der Waals surface area (Å²) in [7, 11) is 0. The fourth-order valence-electron chi connectivity index (χ4n) is 3.55. The summed E-state index contributed by atoms with van der Waals surface area (Å²) in [4.78, 5) is 16.7. The smallest absolute Gasteiger partial charge is 0.224 e. The van der Waals surface area contributed by atoms with E-state index in [1.807, 2.05) is 56.6 Å². The molecular formula is C19H28N4O2. The van der Waals surface area contributed by atoms with Crippen molar-refractivity contribution in [2.75, 3.05) is 19.7 Å². The molecule has 2 N–H and O–H groups in total. The number of amides is 1. The van der Waals surface area contributed by atoms with Gasteiger partial charge in [-0.3, -0.25) is 4.79 Å². The van der Waals surface area contributed by atoms with Gasteiger partial charge < -0.3 is 19.8 Å². The van der Waals surface area contributed by atoms with Gasteiger partial charge in [0.1, 0.15) is 6.61 Å². The zero-order valence-electron chi connectivity index (χ0n) is 15.5. The number of pyridine rings is 1. The lowest BCUT2D eigenvalue weighted by Gasteiger charge is -2.27. The number of aromatic nitrogens is 2. The predicted octanol–water partition coefficient (Wildman–Crippen LogP) is 2.10. The largest absolute Gasteiger partial charge is 0.487 e. The van der Waals surface area contributed by atoms with E-state index in [0.29, 0.717) is 18.4 Å². The van der Waals surface area contributed by atoms with Crippen molar-refractivity contribution in [1.29, 1.82) is 0 Å². The molecule has 2 unspecified atom stereocenters. The second-order valence-electron chi connectivity index (χ2n) is 7.20. The van der Waals surface area contributed by atoms with Crippen molar-refractivity contribution in [3.8, 4) is 5.75 Å². The number of nitrogens with one attached hydrogen (secondary N) is 2. The van der Waals surface area contributed by atoms with Crippen LogP contribution >= 0.6 is 0 Å². The monoisotopic (exact) mass is 344 g/mol. The average Bonchev–Trinajstić information content (AvgIpc) is 2.97. The summed E-state index contributed by atoms with van der Waals surface area (Å²) in [6.45, 7) is 10.3. The molecule has 1 amide bonds. The molecule has 1 aliphatic carbocycles. The Hall–Kier alpha value is -2.08. The van der Waals surface area contributed by atoms with Crippen LogP contribution in [0.25, 0.3) is 5.65 Å². The van der Waals surface area contributed by atoms with Gasteiger partial charge in [-0.15, -0.1) is 0 Å². The molecule has 25 heavy (non-hydrogen) atoms. The molecule has 0 aromatic carbocycles. The minimum Gasteiger partial charge on any atom is -0.487 e. The van der Waals surface area contributed by atoms with E-state index >= 15 is 0 Å². The number of carbonyl (C=O) groups is 1. The summed E-state index contributed by atoms with van der Waals surface area (Å²) in [5.74, 6) is 2.14. The first-order valence-electron chi connectivity index (χ1n) is 9.12. The van der Waals surface area contributed by atoms with Gasteiger partial charge in [-0.2, -0.15) is 0 Å². The van der Waals surface area contributed by atoms with Crippen LogP contribution in [0.3, 0.4) is 0 Å². The van der Waals surface area contributed by atoms with Gasteiger partial charge in [-0.1, -0.05) is 13.8 Å². The number of ether oxygens (including phenoxy) is 1. The van der Waals surface area contributed by atoms with Crippen molar-refractivity contribution < 1.29 is 9.53 Å². The van der Waals surface area contributed by atoms with E-state index in [2.05, 4.69) is 15.6 Å². The van der Waals surface area contributed by atoms with Crippen molar-refractivity contribution in [2.45, 2.75) is 33.2 Å². The maximum atomic E-state index is 12.4. The standard InChI is InChI=1S/C17H22N4O2.C2H6/c1-17(2,20-16(22)14-11-8-18-9-12(11)14)10-23-13-4-3-6-21-7-5-19-15(13)21;1-2/h3-7,11-12,14,18H,8-10H2,1-2H3,(H,20,22);1-2H3. The maximum absolute atomic E-state index is 12.4. The number of carbonyl (C=O) groups excluding carboxylic acids is 1. The number of nitrogens with zero attached hydrogens (tertiary/aromatic N) is 2. The van der Waals surface area contributed by atoms with Gasteiger partial charge in [0.25, 0.3) is 0 Å². The molecule has 2 fully saturated rings. The van der Waals surface area contributed by atoms with Crippen LogP contribution in [0.5, 0.6) is 5.75 Å². The summed E-state index contributed by atoms with van der Waals surface area (Å²) in [5.41, 5.74) is 0.373. The molecule has 2 aromatic rings. The number of rotatable bonds is 5. The lowest BCUT2D eigenvalue weighted by molar-refractivity contribution is -0.125. The molecule has 6 heteroatoms. The zero-order chi connectivity index (χ0) is 18.0. The summed E-state index contributed by atoms with van der Waals surface area (Å²) < 4.78 is 7.84. The van der Waals surface area contributed by atoms with Crippen molar-refractivity contribution in [3.05, 3.63) is 30.7 Å². The van der Waals surface area contributed by atoms with Gasteiger partial charge in [0.2, 0.25) is 5.91 Å². The van der Waals surface area contributed by atoms with E-state index in [9.17, 15) is 4.79 Å². The van der Waals surface area contributed by atoms with E-state index in [0.717, 1.165) is 24.5 Å². The molecule has 1 saturated heterocycles. The van der Waals surface area contributed by atoms with Crippen LogP contribution in [-0.2, 0) is 4.79 Å². The van der Waals surface area contributed by atoms with Gasteiger partial charge in [0.15, 0.2) is 11.4 Å². The number of imidazole rings is 1. The molecule has 1 saturated carbocycles. The summed E-state index contributed by atoms with van der Waals surface area (Å²) >= 11 is 0. The third kappa shape index (κ3) is 3.63. The molecule has 0 spiro atoms. The van der Waals surface area contributed by atoms with Crippen LogP contribution in [0.4, 0.5) is 0 Å². The fraction of sp³-hybridized carbons (Fsp3) is 0.579. The van der Waals surface area contributed by atoms with Crippen molar-refractivity contribution in [3.63, 3.8) is 0 Å². The first kappa shape index (κ1) is 17.7. The topological polar surface area (TPSA) is 67.7 Å². The van der Waals surface area contributed by atoms with Crippen LogP contribution in [-0.4, -0.2) is 40.5 Å². The van der Waals surface area contributed by atoms with Crippen molar-refractivity contribution >= 4 is 11.6 Å². The number of hydrogen-bond donors (Lipinski definition) is 2. The van der Waals surface area contributed by atoms with Crippen LogP contribution in [0.1, 0.15) is 27.7 Å². The van der Waals surface area contributed by atoms with Crippen LogP contribution < -0.4 is 15.4 Å². The Bertz CT molecular complexity index is 730. The number of fused-ring (bicyclic) bond motifs is 2. The molecular weight excluding hydrogens is 316 g/mol. The normalized spacial score (nSPS) is 24.2. The molecule has 4 rings (SSSR count). The summed E-state index contributed by atoms with van der Waals surface area (Å²) in [5, 5.41) is 6.46. The highest BCUT2D eigenvalue weighted by atomic mass is 16.5. The molecule has 136 valence electrons. The predicted molar refractivity (Wildman–Crippen MR) is 97.6 cm³/mol. The fourth-order valence-corrected chi connectivity index (χ4v) is 3.55. The lowest BCUT2D eigenvalue weighted by atomic mass is 10.1. The Morgan fingerprint density at radius 3 is 2.80 bits per heavy atom. The van der Waals surface area contributed by atoms with E-state index in [4.69, 9.17) is 4.74 Å². The molecule has 0 bridgehead atoms. The van der Waals surface area contributed by atoms with Crippen LogP contribution in [0, 0.1) is 17.8 Å². The van der Waals surface area contributed by atoms with Crippen LogP contribution in [0.2, 0.25) is 0 Å². The van der Waals surface area contributed by atoms with Gasteiger partial charge in [0.05, 0.1) is 5.54 Å². The van der Waals surface area contributed by atoms with Gasteiger partial charge in [0, 0.05) is 24.5 Å². The molecule has 1 aliphatic heterocycles. The maximum Gasteiger partial charge on any atom is 0.224 e. The van der Waals surface area contributed by atoms with Crippen molar-refractivity contribution in [1.82, 2.24) is 20.0 Å². The Morgan fingerprint density at radius 2 is 2.08 bits per heavy atom. The van der Waals surface area contributed by atoms with E-state index in [1.165, 1.54) is 0 Å². The SMILES string of the molecule is CC.CC(C)(COc1cccn2ccnc12)NC(=O)C1C2CNCC21. The number of hydrogen-bond acceptors (Lipinski definition) is 4. The summed E-state index contributed by atoms with van der Waals surface area (Å²) in [6.07, 6.45) is 5.56. The number of piperidine rings is 1. The van der Waals surface area contributed by atoms with Gasteiger partial charge in [-0.05, 0) is 50.9 Å². The first-order chi connectivity index (χ1) is 12.1. The molecule has 3 heterocycles. The van der Waals surface area contributed by atoms with Crippen LogP contribution in [0.15, 0.2) is 30.7 Å². The second-order valence-corrected chi connectivity index (χ2v) is 7.20. The Labute approximate surface area is 149 Å². The molecule has 0 radical (unpaired) electrons. The van der Waals surface area contributed by atoms with E-state index in [-0.39, 0.29) is 11.8 Å². The first-order valence-corrected chi connectivity index (χ1v) is 9.12. The Balaban J connectivity index is 0.000000880. The van der Waals surface area contributed by atoms with E-state index < -0.39 is 5.54 Å². The molecule has 2 aliphatic rings. The van der Waals surface area contributed by atoms with Gasteiger partial charge >= 0.3 is 0 Å². The third-order valence-corrected chi connectivity index (χ3v) is 4.83. The highest BCUT2D eigenvalue weighted by Gasteiger charge is 2.57. The van der Waals surface area contributed by atoms with E-state index in [1.54, 1.807) is 6.20 Å². The Kier molecular flexibility index (Phi) is 4.99. The highest BCUT2D eigenvalue weighted by Crippen LogP contribution is 2.48. The summed E-state index contributed by atoms with van der Waals surface area (Å²) in [6, 6.07) is 3.82. The highest BCUT2D eigenvalue weighted by molar-refractivity contribution is 5.83. The third-order valence-electron chi connectivity index (χ3n) is 4.83. The average molecular weight is 344 g/mol.